The van der Waals surface area contributed by atoms with Crippen molar-refractivity contribution in [3.8, 4) is 0 Å². The van der Waals surface area contributed by atoms with Gasteiger partial charge >= 0.3 is 0 Å². The summed E-state index contributed by atoms with van der Waals surface area (Å²) in [5, 5.41) is 14.0. The summed E-state index contributed by atoms with van der Waals surface area (Å²) in [7, 11) is 0. The minimum Gasteiger partial charge on any atom is -0.321 e. The number of hydrogen-bond donors (Lipinski definition) is 1. The SMILES string of the molecule is CC[C@@H](c1nnnn1Cc1ccccc1)N(Cc1cc2ccc(C)c(C)c2[nH]c1=O)C1CCCCC1. The van der Waals surface area contributed by atoms with Gasteiger partial charge in [0.1, 0.15) is 0 Å². The monoisotopic (exact) mass is 484 g/mol. The van der Waals surface area contributed by atoms with Crippen molar-refractivity contribution < 1.29 is 0 Å². The molecule has 1 atom stereocenters. The molecule has 0 aliphatic heterocycles. The number of nitrogens with one attached hydrogen (secondary N) is 1. The summed E-state index contributed by atoms with van der Waals surface area (Å²) in [5.41, 5.74) is 5.22. The molecule has 0 amide bonds. The highest BCUT2D eigenvalue weighted by molar-refractivity contribution is 5.83. The summed E-state index contributed by atoms with van der Waals surface area (Å²) >= 11 is 0. The second-order valence-corrected chi connectivity index (χ2v) is 10.2. The van der Waals surface area contributed by atoms with Gasteiger partial charge in [-0.1, -0.05) is 68.7 Å². The van der Waals surface area contributed by atoms with Gasteiger partial charge in [-0.15, -0.1) is 5.10 Å². The Kier molecular flexibility index (Phi) is 7.28. The summed E-state index contributed by atoms with van der Waals surface area (Å²) in [6, 6.07) is 17.1. The predicted octanol–water partition coefficient (Wildman–Crippen LogP) is 5.47. The minimum atomic E-state index is -0.00394. The first kappa shape index (κ1) is 24.4. The van der Waals surface area contributed by atoms with Crippen molar-refractivity contribution in [1.29, 1.82) is 0 Å². The number of nitrogens with zero attached hydrogens (tertiary/aromatic N) is 5. The van der Waals surface area contributed by atoms with E-state index < -0.39 is 0 Å². The molecule has 7 nitrogen and oxygen atoms in total. The third-order valence-electron chi connectivity index (χ3n) is 7.84. The number of benzene rings is 2. The molecule has 0 bridgehead atoms. The molecular weight excluding hydrogens is 448 g/mol. The first-order valence-corrected chi connectivity index (χ1v) is 13.2. The molecule has 0 spiro atoms. The topological polar surface area (TPSA) is 79.7 Å². The van der Waals surface area contributed by atoms with Crippen molar-refractivity contribution in [3.63, 3.8) is 0 Å². The lowest BCUT2D eigenvalue weighted by Crippen LogP contribution is -2.41. The molecule has 1 N–H and O–H groups in total. The summed E-state index contributed by atoms with van der Waals surface area (Å²) < 4.78 is 1.93. The maximum absolute atomic E-state index is 13.3. The Morgan fingerprint density at radius 2 is 1.86 bits per heavy atom. The lowest BCUT2D eigenvalue weighted by Gasteiger charge is -2.39. The van der Waals surface area contributed by atoms with Crippen LogP contribution < -0.4 is 5.56 Å². The number of aromatic amines is 1. The van der Waals surface area contributed by atoms with Crippen LogP contribution in [0.2, 0.25) is 0 Å². The first-order chi connectivity index (χ1) is 17.5. The van der Waals surface area contributed by atoms with Crippen molar-refractivity contribution in [2.75, 3.05) is 0 Å². The molecule has 0 radical (unpaired) electrons. The molecule has 188 valence electrons. The van der Waals surface area contributed by atoms with E-state index in [4.69, 9.17) is 0 Å². The fourth-order valence-electron chi connectivity index (χ4n) is 5.68. The maximum atomic E-state index is 13.3. The zero-order chi connectivity index (χ0) is 25.1. The second kappa shape index (κ2) is 10.7. The van der Waals surface area contributed by atoms with Crippen LogP contribution in [0.25, 0.3) is 10.9 Å². The molecule has 2 heterocycles. The van der Waals surface area contributed by atoms with Gasteiger partial charge < -0.3 is 4.98 Å². The fourth-order valence-corrected chi connectivity index (χ4v) is 5.68. The molecule has 7 heteroatoms. The zero-order valence-corrected chi connectivity index (χ0v) is 21.6. The number of aromatic nitrogens is 5. The average molecular weight is 485 g/mol. The number of pyridine rings is 1. The molecule has 1 fully saturated rings. The molecule has 0 unspecified atom stereocenters. The quantitative estimate of drug-likeness (QED) is 0.359. The van der Waals surface area contributed by atoms with Crippen LogP contribution in [0.1, 0.15) is 79.6 Å². The molecule has 4 aromatic rings. The van der Waals surface area contributed by atoms with Crippen LogP contribution in [0.3, 0.4) is 0 Å². The number of hydrogen-bond acceptors (Lipinski definition) is 5. The summed E-state index contributed by atoms with van der Waals surface area (Å²) in [4.78, 5) is 19.0. The molecule has 1 aliphatic rings. The number of tetrazole rings is 1. The second-order valence-electron chi connectivity index (χ2n) is 10.2. The van der Waals surface area contributed by atoms with E-state index in [9.17, 15) is 4.79 Å². The van der Waals surface area contributed by atoms with Crippen LogP contribution in [0.15, 0.2) is 53.3 Å². The van der Waals surface area contributed by atoms with Gasteiger partial charge in [-0.05, 0) is 71.7 Å². The van der Waals surface area contributed by atoms with E-state index >= 15 is 0 Å². The minimum absolute atomic E-state index is 0.00394. The van der Waals surface area contributed by atoms with Crippen molar-refractivity contribution in [1.82, 2.24) is 30.1 Å². The van der Waals surface area contributed by atoms with Gasteiger partial charge in [0.05, 0.1) is 18.1 Å². The Morgan fingerprint density at radius 1 is 1.08 bits per heavy atom. The highest BCUT2D eigenvalue weighted by Crippen LogP contribution is 2.33. The van der Waals surface area contributed by atoms with Gasteiger partial charge in [0, 0.05) is 18.2 Å². The molecule has 1 saturated carbocycles. The highest BCUT2D eigenvalue weighted by atomic mass is 16.1. The summed E-state index contributed by atoms with van der Waals surface area (Å²) in [6.45, 7) is 7.56. The van der Waals surface area contributed by atoms with Crippen molar-refractivity contribution in [2.45, 2.75) is 84.5 Å². The fraction of sp³-hybridized carbons (Fsp3) is 0.448. The van der Waals surface area contributed by atoms with Gasteiger partial charge in [0.15, 0.2) is 5.82 Å². The number of aryl methyl sites for hydroxylation is 2. The van der Waals surface area contributed by atoms with Gasteiger partial charge in [-0.2, -0.15) is 0 Å². The average Bonchev–Trinajstić information content (AvgIpc) is 3.35. The number of rotatable bonds is 8. The Hall–Kier alpha value is -3.32. The molecule has 2 aromatic heterocycles. The molecule has 2 aromatic carbocycles. The predicted molar refractivity (Wildman–Crippen MR) is 143 cm³/mol. The number of H-pyrrole nitrogens is 1. The summed E-state index contributed by atoms with van der Waals surface area (Å²) in [5.74, 6) is 0.871. The van der Waals surface area contributed by atoms with Crippen LogP contribution in [0, 0.1) is 13.8 Å². The van der Waals surface area contributed by atoms with E-state index in [1.807, 2.05) is 22.9 Å². The van der Waals surface area contributed by atoms with Crippen LogP contribution in [-0.2, 0) is 13.1 Å². The van der Waals surface area contributed by atoms with Crippen LogP contribution >= 0.6 is 0 Å². The van der Waals surface area contributed by atoms with Gasteiger partial charge in [0.25, 0.3) is 5.56 Å². The van der Waals surface area contributed by atoms with Crippen LogP contribution in [0.4, 0.5) is 0 Å². The van der Waals surface area contributed by atoms with Crippen molar-refractivity contribution in [2.24, 2.45) is 0 Å². The third kappa shape index (κ3) is 4.98. The first-order valence-electron chi connectivity index (χ1n) is 13.2. The standard InChI is InChI=1S/C29H36N6O/c1-4-26(28-31-32-33-35(28)18-22-11-7-5-8-12-22)34(25-13-9-6-10-14-25)19-24-17-23-16-15-20(2)21(3)27(23)30-29(24)36/h5,7-8,11-12,15-17,25-26H,4,6,9-10,13-14,18-19H2,1-3H3,(H,30,36)/t26-/m0/s1. The third-order valence-corrected chi connectivity index (χ3v) is 7.84. The van der Waals surface area contributed by atoms with Crippen LogP contribution in [0.5, 0.6) is 0 Å². The molecule has 0 saturated heterocycles. The Morgan fingerprint density at radius 3 is 2.61 bits per heavy atom. The lowest BCUT2D eigenvalue weighted by atomic mass is 9.92. The van der Waals surface area contributed by atoms with E-state index in [0.717, 1.165) is 47.1 Å². The van der Waals surface area contributed by atoms with Crippen molar-refractivity contribution in [3.05, 3.63) is 87.0 Å². The van der Waals surface area contributed by atoms with Gasteiger partial charge in [-0.25, -0.2) is 4.68 Å². The molecular formula is C29H36N6O. The normalized spacial score (nSPS) is 15.6. The molecule has 36 heavy (non-hydrogen) atoms. The van der Waals surface area contributed by atoms with E-state index in [1.54, 1.807) is 0 Å². The number of fused-ring (bicyclic) bond motifs is 1. The van der Waals surface area contributed by atoms with E-state index in [1.165, 1.54) is 30.4 Å². The summed E-state index contributed by atoms with van der Waals surface area (Å²) in [6.07, 6.45) is 6.87. The Bertz CT molecular complexity index is 1370. The smallest absolute Gasteiger partial charge is 0.252 e. The Balaban J connectivity index is 1.51. The van der Waals surface area contributed by atoms with Crippen LogP contribution in [-0.4, -0.2) is 36.1 Å². The maximum Gasteiger partial charge on any atom is 0.252 e. The largest absolute Gasteiger partial charge is 0.321 e. The Labute approximate surface area is 212 Å². The molecule has 5 rings (SSSR count). The molecule has 1 aliphatic carbocycles. The van der Waals surface area contributed by atoms with Gasteiger partial charge in [0.2, 0.25) is 0 Å². The van der Waals surface area contributed by atoms with E-state index in [-0.39, 0.29) is 11.6 Å². The zero-order valence-electron chi connectivity index (χ0n) is 21.6. The van der Waals surface area contributed by atoms with E-state index in [0.29, 0.717) is 19.1 Å². The highest BCUT2D eigenvalue weighted by Gasteiger charge is 2.32. The van der Waals surface area contributed by atoms with Crippen molar-refractivity contribution >= 4 is 10.9 Å². The van der Waals surface area contributed by atoms with E-state index in [2.05, 4.69) is 76.5 Å². The van der Waals surface area contributed by atoms with Gasteiger partial charge in [-0.3, -0.25) is 9.69 Å². The lowest BCUT2D eigenvalue weighted by molar-refractivity contribution is 0.0844.